The lowest BCUT2D eigenvalue weighted by atomic mass is 9.95. The molecule has 0 saturated carbocycles. The number of halogens is 1. The number of benzene rings is 1. The van der Waals surface area contributed by atoms with Gasteiger partial charge in [-0.1, -0.05) is 6.07 Å². The highest BCUT2D eigenvalue weighted by atomic mass is 19.1. The van der Waals surface area contributed by atoms with Crippen LogP contribution in [0, 0.1) is 12.7 Å². The Morgan fingerprint density at radius 1 is 1.41 bits per heavy atom. The highest BCUT2D eigenvalue weighted by Crippen LogP contribution is 2.35. The first-order chi connectivity index (χ1) is 12.9. The smallest absolute Gasteiger partial charge is 0.267 e. The van der Waals surface area contributed by atoms with Crippen molar-refractivity contribution in [1.82, 2.24) is 9.55 Å². The summed E-state index contributed by atoms with van der Waals surface area (Å²) in [5.41, 5.74) is 0.865. The molecular formula is C20H18FN3O3. The van der Waals surface area contributed by atoms with Gasteiger partial charge in [0.25, 0.3) is 11.5 Å². The summed E-state index contributed by atoms with van der Waals surface area (Å²) in [6.07, 6.45) is 2.77. The van der Waals surface area contributed by atoms with Crippen LogP contribution in [-0.4, -0.2) is 20.6 Å². The predicted molar refractivity (Wildman–Crippen MR) is 99.8 cm³/mol. The first kappa shape index (κ1) is 17.2. The minimum atomic E-state index is -0.770. The van der Waals surface area contributed by atoms with Crippen LogP contribution in [0.25, 0.3) is 10.9 Å². The molecule has 1 unspecified atom stereocenters. The van der Waals surface area contributed by atoms with Crippen LogP contribution in [0.15, 0.2) is 35.3 Å². The average molecular weight is 367 g/mol. The molecule has 0 saturated heterocycles. The number of hydrogen-bond donors (Lipinski definition) is 2. The zero-order valence-electron chi connectivity index (χ0n) is 14.9. The molecule has 1 atom stereocenters. The first-order valence-electron chi connectivity index (χ1n) is 8.71. The summed E-state index contributed by atoms with van der Waals surface area (Å²) >= 11 is 0. The van der Waals surface area contributed by atoms with Crippen molar-refractivity contribution in [2.45, 2.75) is 32.7 Å². The summed E-state index contributed by atoms with van der Waals surface area (Å²) in [4.78, 5) is 29.9. The summed E-state index contributed by atoms with van der Waals surface area (Å²) in [6, 6.07) is 5.86. The van der Waals surface area contributed by atoms with Crippen molar-refractivity contribution >= 4 is 22.6 Å². The molecule has 2 aromatic heterocycles. The molecule has 0 radical (unpaired) electrons. The second-order valence-electron chi connectivity index (χ2n) is 6.87. The molecule has 1 amide bonds. The van der Waals surface area contributed by atoms with E-state index in [1.807, 2.05) is 6.92 Å². The number of hydrogen-bond acceptors (Lipinski definition) is 4. The number of aryl methyl sites for hydroxylation is 2. The molecule has 1 aliphatic heterocycles. The fourth-order valence-electron chi connectivity index (χ4n) is 3.67. The molecule has 0 spiro atoms. The monoisotopic (exact) mass is 367 g/mol. The zero-order chi connectivity index (χ0) is 19.3. The molecule has 0 fully saturated rings. The maximum atomic E-state index is 14.0. The number of rotatable bonds is 2. The highest BCUT2D eigenvalue weighted by Gasteiger charge is 2.28. The van der Waals surface area contributed by atoms with Crippen LogP contribution in [0.3, 0.4) is 0 Å². The van der Waals surface area contributed by atoms with E-state index in [9.17, 15) is 19.1 Å². The molecule has 6 nitrogen and oxygen atoms in total. The highest BCUT2D eigenvalue weighted by molar-refractivity contribution is 6.09. The largest absolute Gasteiger partial charge is 0.506 e. The lowest BCUT2D eigenvalue weighted by Gasteiger charge is -2.26. The molecule has 1 aliphatic rings. The van der Waals surface area contributed by atoms with Crippen LogP contribution in [0.4, 0.5) is 10.2 Å². The van der Waals surface area contributed by atoms with Gasteiger partial charge in [0.15, 0.2) is 0 Å². The van der Waals surface area contributed by atoms with Crippen LogP contribution < -0.4 is 10.9 Å². The molecule has 4 rings (SSSR count). The summed E-state index contributed by atoms with van der Waals surface area (Å²) < 4.78 is 15.5. The van der Waals surface area contributed by atoms with Gasteiger partial charge in [0.1, 0.15) is 22.9 Å². The van der Waals surface area contributed by atoms with Crippen molar-refractivity contribution in [3.05, 3.63) is 63.3 Å². The van der Waals surface area contributed by atoms with E-state index in [1.165, 1.54) is 16.8 Å². The van der Waals surface area contributed by atoms with Crippen molar-refractivity contribution in [3.63, 3.8) is 0 Å². The van der Waals surface area contributed by atoms with Crippen molar-refractivity contribution in [3.8, 4) is 5.75 Å². The van der Waals surface area contributed by atoms with E-state index in [0.717, 1.165) is 6.07 Å². The number of carbonyl (C=O) groups excluding carboxylic acids is 1. The van der Waals surface area contributed by atoms with Crippen LogP contribution in [-0.2, 0) is 6.42 Å². The average Bonchev–Trinajstić information content (AvgIpc) is 2.62. The van der Waals surface area contributed by atoms with Crippen molar-refractivity contribution in [2.24, 2.45) is 0 Å². The second-order valence-corrected chi connectivity index (χ2v) is 6.87. The van der Waals surface area contributed by atoms with Crippen LogP contribution in [0.1, 0.15) is 40.9 Å². The predicted octanol–water partition coefficient (Wildman–Crippen LogP) is 3.31. The quantitative estimate of drug-likeness (QED) is 0.728. The lowest BCUT2D eigenvalue weighted by molar-refractivity contribution is 0.102. The number of pyridine rings is 2. The van der Waals surface area contributed by atoms with Gasteiger partial charge in [0.05, 0.1) is 5.52 Å². The van der Waals surface area contributed by atoms with E-state index in [0.29, 0.717) is 35.3 Å². The number of carbonyl (C=O) groups is 1. The summed E-state index contributed by atoms with van der Waals surface area (Å²) in [5.74, 6) is -1.49. The van der Waals surface area contributed by atoms with Gasteiger partial charge in [0.2, 0.25) is 0 Å². The minimum Gasteiger partial charge on any atom is -0.506 e. The van der Waals surface area contributed by atoms with Gasteiger partial charge in [-0.2, -0.15) is 0 Å². The molecule has 2 N–H and O–H groups in total. The van der Waals surface area contributed by atoms with Gasteiger partial charge in [-0.05, 0) is 56.0 Å². The number of anilines is 1. The Hall–Kier alpha value is -3.22. The molecule has 0 aliphatic carbocycles. The van der Waals surface area contributed by atoms with Crippen LogP contribution in [0.2, 0.25) is 0 Å². The molecule has 138 valence electrons. The minimum absolute atomic E-state index is 0.165. The number of nitrogens with zero attached hydrogens (tertiary/aromatic N) is 2. The van der Waals surface area contributed by atoms with E-state index >= 15 is 0 Å². The van der Waals surface area contributed by atoms with E-state index in [1.54, 1.807) is 19.1 Å². The fourth-order valence-corrected chi connectivity index (χ4v) is 3.67. The number of aromatic hydroxyl groups is 1. The zero-order valence-corrected chi connectivity index (χ0v) is 14.9. The summed E-state index contributed by atoms with van der Waals surface area (Å²) in [6.45, 7) is 3.64. The molecule has 27 heavy (non-hydrogen) atoms. The van der Waals surface area contributed by atoms with Crippen LogP contribution >= 0.6 is 0 Å². The standard InChI is InChI=1S/C20H18FN3O3/c1-10-4-3-7-22-18(10)23-19(26)15-17(25)14-9-13(21)8-12-6-5-11(2)24(16(12)14)20(15)27/h3-4,7-9,11,25H,5-6H2,1-2H3,(H,22,23,26). The van der Waals surface area contributed by atoms with Crippen molar-refractivity contribution in [1.29, 1.82) is 0 Å². The van der Waals surface area contributed by atoms with E-state index in [4.69, 9.17) is 0 Å². The molecule has 1 aromatic carbocycles. The molecule has 7 heteroatoms. The Morgan fingerprint density at radius 2 is 2.19 bits per heavy atom. The summed E-state index contributed by atoms with van der Waals surface area (Å²) in [5, 5.41) is 13.4. The third-order valence-corrected chi connectivity index (χ3v) is 5.06. The Labute approximate surface area is 154 Å². The van der Waals surface area contributed by atoms with Crippen LogP contribution in [0.5, 0.6) is 5.75 Å². The van der Waals surface area contributed by atoms with Gasteiger partial charge in [-0.15, -0.1) is 0 Å². The molecule has 3 heterocycles. The second kappa shape index (κ2) is 6.19. The number of aromatic nitrogens is 2. The molecule has 0 bridgehead atoms. The maximum Gasteiger partial charge on any atom is 0.267 e. The number of nitrogens with one attached hydrogen (secondary N) is 1. The van der Waals surface area contributed by atoms with Gasteiger partial charge in [-0.25, -0.2) is 9.37 Å². The third-order valence-electron chi connectivity index (χ3n) is 5.06. The van der Waals surface area contributed by atoms with Crippen molar-refractivity contribution < 1.29 is 14.3 Å². The SMILES string of the molecule is Cc1cccnc1NC(=O)c1c(O)c2cc(F)cc3c2n(c1=O)C(C)CC3. The third kappa shape index (κ3) is 2.66. The van der Waals surface area contributed by atoms with Crippen molar-refractivity contribution in [2.75, 3.05) is 5.32 Å². The van der Waals surface area contributed by atoms with Gasteiger partial charge in [-0.3, -0.25) is 9.59 Å². The number of amides is 1. The normalized spacial score (nSPS) is 15.7. The van der Waals surface area contributed by atoms with Gasteiger partial charge >= 0.3 is 0 Å². The van der Waals surface area contributed by atoms with E-state index in [2.05, 4.69) is 10.3 Å². The Bertz CT molecular complexity index is 1150. The maximum absolute atomic E-state index is 14.0. The topological polar surface area (TPSA) is 84.2 Å². The Kier molecular flexibility index (Phi) is 3.95. The van der Waals surface area contributed by atoms with Gasteiger partial charge in [0, 0.05) is 17.6 Å². The molecular weight excluding hydrogens is 349 g/mol. The van der Waals surface area contributed by atoms with E-state index < -0.39 is 28.6 Å². The first-order valence-corrected chi connectivity index (χ1v) is 8.71. The Balaban J connectivity index is 1.96. The fraction of sp³-hybridized carbons (Fsp3) is 0.250. The molecule has 3 aromatic rings. The lowest BCUT2D eigenvalue weighted by Crippen LogP contribution is -2.33. The van der Waals surface area contributed by atoms with Gasteiger partial charge < -0.3 is 15.0 Å². The van der Waals surface area contributed by atoms with E-state index in [-0.39, 0.29) is 11.4 Å². The summed E-state index contributed by atoms with van der Waals surface area (Å²) in [7, 11) is 0. The Morgan fingerprint density at radius 3 is 2.93 bits per heavy atom.